The number of carbonyl (C=O) groups excluding carboxylic acids is 2. The monoisotopic (exact) mass is 454 g/mol. The predicted octanol–water partition coefficient (Wildman–Crippen LogP) is 4.34. The zero-order chi connectivity index (χ0) is 23.0. The first-order chi connectivity index (χ1) is 15.2. The molecule has 2 unspecified atom stereocenters. The zero-order valence-electron chi connectivity index (χ0n) is 18.8. The van der Waals surface area contributed by atoms with Crippen LogP contribution in [0.15, 0.2) is 41.3 Å². The number of rotatable bonds is 6. The summed E-state index contributed by atoms with van der Waals surface area (Å²) in [6.07, 6.45) is 4.19. The third-order valence-electron chi connectivity index (χ3n) is 6.79. The Labute approximate surface area is 190 Å². The van der Waals surface area contributed by atoms with Crippen LogP contribution < -0.4 is 4.72 Å². The number of sulfonamides is 1. The van der Waals surface area contributed by atoms with Crippen LogP contribution in [0.4, 0.5) is 5.69 Å². The molecule has 1 N–H and O–H groups in total. The van der Waals surface area contributed by atoms with E-state index >= 15 is 0 Å². The molecule has 1 heterocycles. The normalized spacial score (nSPS) is 21.0. The van der Waals surface area contributed by atoms with Crippen LogP contribution >= 0.6 is 0 Å². The summed E-state index contributed by atoms with van der Waals surface area (Å²) in [7, 11) is -3.84. The lowest BCUT2D eigenvalue weighted by atomic mass is 9.81. The highest BCUT2D eigenvalue weighted by molar-refractivity contribution is 7.92. The maximum absolute atomic E-state index is 13.3. The molecule has 2 amide bonds. The molecule has 0 radical (unpaired) electrons. The molecule has 1 saturated heterocycles. The topological polar surface area (TPSA) is 83.6 Å². The molecule has 1 aliphatic carbocycles. The van der Waals surface area contributed by atoms with Crippen molar-refractivity contribution < 1.29 is 18.0 Å². The molecule has 2 aliphatic rings. The van der Waals surface area contributed by atoms with Crippen LogP contribution in [0.2, 0.25) is 0 Å². The number of hydrogen-bond acceptors (Lipinski definition) is 4. The van der Waals surface area contributed by atoms with E-state index in [0.29, 0.717) is 23.2 Å². The fraction of sp³-hybridized carbons (Fsp3) is 0.440. The number of hydrogen-bond donors (Lipinski definition) is 1. The highest BCUT2D eigenvalue weighted by atomic mass is 32.2. The number of imide groups is 1. The van der Waals surface area contributed by atoms with E-state index in [4.69, 9.17) is 0 Å². The number of para-hydroxylation sites is 1. The van der Waals surface area contributed by atoms with Crippen molar-refractivity contribution in [2.24, 2.45) is 11.8 Å². The van der Waals surface area contributed by atoms with Crippen LogP contribution in [-0.4, -0.2) is 25.1 Å². The molecule has 32 heavy (non-hydrogen) atoms. The van der Waals surface area contributed by atoms with Crippen LogP contribution in [-0.2, 0) is 32.6 Å². The van der Waals surface area contributed by atoms with Crippen molar-refractivity contribution in [2.75, 3.05) is 4.72 Å². The number of likely N-dealkylation sites (tertiary alicyclic amines) is 1. The standard InChI is InChI=1S/C25H30N2O4S/c1-4-19-9-7-8-17(3)23(19)26-32(30,31)22-14-18(13-12-16(22)2)15-27-24(28)20-10-5-6-11-21(20)25(27)29/h7-9,12-14,20-21,26H,4-6,10-11,15H2,1-3H3. The lowest BCUT2D eigenvalue weighted by Gasteiger charge is -2.19. The van der Waals surface area contributed by atoms with Crippen molar-refractivity contribution in [3.63, 3.8) is 0 Å². The van der Waals surface area contributed by atoms with E-state index in [2.05, 4.69) is 4.72 Å². The molecule has 1 saturated carbocycles. The van der Waals surface area contributed by atoms with Crippen molar-refractivity contribution in [1.29, 1.82) is 0 Å². The van der Waals surface area contributed by atoms with Crippen LogP contribution in [0, 0.1) is 25.7 Å². The molecule has 0 aromatic heterocycles. The summed E-state index contributed by atoms with van der Waals surface area (Å²) in [4.78, 5) is 27.1. The number of nitrogens with zero attached hydrogens (tertiary/aromatic N) is 1. The molecular weight excluding hydrogens is 424 g/mol. The Morgan fingerprint density at radius 2 is 1.62 bits per heavy atom. The van der Waals surface area contributed by atoms with Gasteiger partial charge in [0, 0.05) is 0 Å². The molecule has 2 fully saturated rings. The summed E-state index contributed by atoms with van der Waals surface area (Å²) < 4.78 is 29.4. The van der Waals surface area contributed by atoms with Gasteiger partial charge in [0.1, 0.15) is 0 Å². The minimum absolute atomic E-state index is 0.109. The Morgan fingerprint density at radius 3 is 2.25 bits per heavy atom. The van der Waals surface area contributed by atoms with Crippen LogP contribution in [0.3, 0.4) is 0 Å². The third kappa shape index (κ3) is 4.06. The first-order valence-corrected chi connectivity index (χ1v) is 12.8. The molecular formula is C25H30N2O4S. The van der Waals surface area contributed by atoms with Gasteiger partial charge in [0.05, 0.1) is 29.0 Å². The van der Waals surface area contributed by atoms with Gasteiger partial charge in [-0.1, -0.05) is 50.1 Å². The highest BCUT2D eigenvalue weighted by Crippen LogP contribution is 2.38. The summed E-state index contributed by atoms with van der Waals surface area (Å²) in [6, 6.07) is 10.8. The van der Waals surface area contributed by atoms with Gasteiger partial charge in [-0.15, -0.1) is 0 Å². The first kappa shape index (κ1) is 22.5. The SMILES string of the molecule is CCc1cccc(C)c1NS(=O)(=O)c1cc(CN2C(=O)C3CCCCC3C2=O)ccc1C. The second kappa shape index (κ2) is 8.70. The van der Waals surface area contributed by atoms with Crippen LogP contribution in [0.5, 0.6) is 0 Å². The zero-order valence-corrected chi connectivity index (χ0v) is 19.7. The van der Waals surface area contributed by atoms with E-state index in [1.165, 1.54) is 4.90 Å². The molecule has 1 aliphatic heterocycles. The number of anilines is 1. The average Bonchev–Trinajstić information content (AvgIpc) is 3.01. The molecule has 2 atom stereocenters. The fourth-order valence-electron chi connectivity index (χ4n) is 4.96. The van der Waals surface area contributed by atoms with Gasteiger partial charge in [0.2, 0.25) is 11.8 Å². The summed E-state index contributed by atoms with van der Waals surface area (Å²) >= 11 is 0. The Morgan fingerprint density at radius 1 is 0.969 bits per heavy atom. The Hall–Kier alpha value is -2.67. The van der Waals surface area contributed by atoms with Gasteiger partial charge in [-0.3, -0.25) is 19.2 Å². The number of carbonyl (C=O) groups is 2. The average molecular weight is 455 g/mol. The first-order valence-electron chi connectivity index (χ1n) is 11.3. The van der Waals surface area contributed by atoms with E-state index in [-0.39, 0.29) is 35.1 Å². The molecule has 7 heteroatoms. The lowest BCUT2D eigenvalue weighted by Crippen LogP contribution is -2.30. The Balaban J connectivity index is 1.62. The second-order valence-corrected chi connectivity index (χ2v) is 10.6. The van der Waals surface area contributed by atoms with Gasteiger partial charge >= 0.3 is 0 Å². The number of benzene rings is 2. The molecule has 4 rings (SSSR count). The number of fused-ring (bicyclic) bond motifs is 1. The largest absolute Gasteiger partial charge is 0.279 e. The van der Waals surface area contributed by atoms with Crippen molar-refractivity contribution in [3.8, 4) is 0 Å². The van der Waals surface area contributed by atoms with Crippen molar-refractivity contribution in [2.45, 2.75) is 64.3 Å². The molecule has 2 aromatic carbocycles. The molecule has 170 valence electrons. The second-order valence-electron chi connectivity index (χ2n) is 8.93. The van der Waals surface area contributed by atoms with Gasteiger partial charge < -0.3 is 0 Å². The van der Waals surface area contributed by atoms with E-state index in [1.807, 2.05) is 32.0 Å². The summed E-state index contributed by atoms with van der Waals surface area (Å²) in [5.74, 6) is -0.647. The molecule has 0 bridgehead atoms. The molecule has 6 nitrogen and oxygen atoms in total. The molecule has 2 aromatic rings. The van der Waals surface area contributed by atoms with E-state index in [0.717, 1.165) is 36.8 Å². The predicted molar refractivity (Wildman–Crippen MR) is 124 cm³/mol. The minimum Gasteiger partial charge on any atom is -0.279 e. The van der Waals surface area contributed by atoms with Gasteiger partial charge in [0.15, 0.2) is 0 Å². The van der Waals surface area contributed by atoms with Crippen molar-refractivity contribution in [1.82, 2.24) is 4.90 Å². The summed E-state index contributed by atoms with van der Waals surface area (Å²) in [5.41, 5.74) is 3.64. The number of aryl methyl sites for hydroxylation is 3. The third-order valence-corrected chi connectivity index (χ3v) is 8.28. The van der Waals surface area contributed by atoms with E-state index in [9.17, 15) is 18.0 Å². The number of amides is 2. The van der Waals surface area contributed by atoms with Gasteiger partial charge in [0.25, 0.3) is 10.0 Å². The molecule has 0 spiro atoms. The fourth-order valence-corrected chi connectivity index (χ4v) is 6.43. The van der Waals surface area contributed by atoms with E-state index < -0.39 is 10.0 Å². The lowest BCUT2D eigenvalue weighted by molar-refractivity contribution is -0.140. The van der Waals surface area contributed by atoms with Crippen LogP contribution in [0.1, 0.15) is 54.9 Å². The Bertz CT molecular complexity index is 1150. The summed E-state index contributed by atoms with van der Waals surface area (Å²) in [5, 5.41) is 0. The smallest absolute Gasteiger partial charge is 0.262 e. The quantitative estimate of drug-likeness (QED) is 0.658. The maximum Gasteiger partial charge on any atom is 0.262 e. The van der Waals surface area contributed by atoms with Gasteiger partial charge in [-0.25, -0.2) is 8.42 Å². The van der Waals surface area contributed by atoms with E-state index in [1.54, 1.807) is 25.1 Å². The van der Waals surface area contributed by atoms with Gasteiger partial charge in [-0.2, -0.15) is 0 Å². The minimum atomic E-state index is -3.84. The van der Waals surface area contributed by atoms with Crippen molar-refractivity contribution in [3.05, 3.63) is 58.7 Å². The highest BCUT2D eigenvalue weighted by Gasteiger charge is 2.47. The van der Waals surface area contributed by atoms with Gasteiger partial charge in [-0.05, 0) is 61.4 Å². The van der Waals surface area contributed by atoms with Crippen LogP contribution in [0.25, 0.3) is 0 Å². The summed E-state index contributed by atoms with van der Waals surface area (Å²) in [6.45, 7) is 5.72. The van der Waals surface area contributed by atoms with Crippen molar-refractivity contribution >= 4 is 27.5 Å². The number of nitrogens with one attached hydrogen (secondary N) is 1. The maximum atomic E-state index is 13.3. The Kier molecular flexibility index (Phi) is 6.12.